The molecule has 1 heterocycles. The Morgan fingerprint density at radius 2 is 2.67 bits per heavy atom. The fourth-order valence-corrected chi connectivity index (χ4v) is 0.844. The predicted octanol–water partition coefficient (Wildman–Crippen LogP) is -1.55. The van der Waals surface area contributed by atoms with Crippen molar-refractivity contribution in [3.63, 3.8) is 0 Å². The van der Waals surface area contributed by atoms with E-state index in [0.29, 0.717) is 6.04 Å². The van der Waals surface area contributed by atoms with Gasteiger partial charge in [-0.05, 0) is 6.92 Å². The molecule has 0 aliphatic carbocycles. The zero-order chi connectivity index (χ0) is 6.69. The summed E-state index contributed by atoms with van der Waals surface area (Å²) in [4.78, 5) is 3.95. The second-order valence-electron chi connectivity index (χ2n) is 2.48. The molecule has 0 saturated heterocycles. The van der Waals surface area contributed by atoms with Gasteiger partial charge in [0.15, 0.2) is 6.34 Å². The quantitative estimate of drug-likeness (QED) is 0.451. The maximum atomic E-state index is 3.95. The minimum absolute atomic E-state index is 0.495. The largest absolute Gasteiger partial charge is 0.355 e. The lowest BCUT2D eigenvalue weighted by atomic mass is 10.2. The Kier molecular flexibility index (Phi) is 1.97. The minimum atomic E-state index is 0.495. The zero-order valence-corrected chi connectivity index (χ0v) is 5.67. The molecular weight excluding hydrogens is 114 g/mol. The molecule has 50 valence electrons. The van der Waals surface area contributed by atoms with Gasteiger partial charge in [-0.15, -0.1) is 0 Å². The van der Waals surface area contributed by atoms with E-state index in [4.69, 9.17) is 0 Å². The van der Waals surface area contributed by atoms with Crippen LogP contribution in [0.25, 0.3) is 0 Å². The minimum Gasteiger partial charge on any atom is -0.355 e. The molecule has 0 unspecified atom stereocenters. The fraction of sp³-hybridized carbons (Fsp3) is 0.500. The van der Waals surface area contributed by atoms with Crippen LogP contribution >= 0.6 is 0 Å². The summed E-state index contributed by atoms with van der Waals surface area (Å²) in [5, 5.41) is 2.03. The summed E-state index contributed by atoms with van der Waals surface area (Å²) in [6.07, 6.45) is 4.75. The average Bonchev–Trinajstić information content (AvgIpc) is 2.15. The SMILES string of the molecule is C[C@@H]([NH3+])CC1=CN=C[NH2+]1. The summed E-state index contributed by atoms with van der Waals surface area (Å²) in [5.41, 5.74) is 5.17. The highest BCUT2D eigenvalue weighted by Gasteiger charge is 2.08. The summed E-state index contributed by atoms with van der Waals surface area (Å²) in [7, 11) is 0. The van der Waals surface area contributed by atoms with Crippen LogP contribution < -0.4 is 11.1 Å². The van der Waals surface area contributed by atoms with Crippen molar-refractivity contribution in [1.29, 1.82) is 0 Å². The van der Waals surface area contributed by atoms with Crippen LogP contribution in [0.4, 0.5) is 0 Å². The molecule has 3 heteroatoms. The van der Waals surface area contributed by atoms with Crippen LogP contribution in [0.15, 0.2) is 16.9 Å². The van der Waals surface area contributed by atoms with Crippen molar-refractivity contribution in [1.82, 2.24) is 0 Å². The highest BCUT2D eigenvalue weighted by molar-refractivity contribution is 5.47. The van der Waals surface area contributed by atoms with Crippen LogP contribution in [0.2, 0.25) is 0 Å². The van der Waals surface area contributed by atoms with Gasteiger partial charge in [0.1, 0.15) is 5.70 Å². The second kappa shape index (κ2) is 2.75. The number of nitrogens with zero attached hydrogens (tertiary/aromatic N) is 1. The molecule has 0 aromatic heterocycles. The van der Waals surface area contributed by atoms with E-state index in [1.165, 1.54) is 5.70 Å². The maximum absolute atomic E-state index is 3.95. The van der Waals surface area contributed by atoms with Crippen molar-refractivity contribution in [2.45, 2.75) is 19.4 Å². The molecule has 0 aromatic rings. The highest BCUT2D eigenvalue weighted by Crippen LogP contribution is 1.94. The molecule has 1 rings (SSSR count). The Morgan fingerprint density at radius 3 is 3.11 bits per heavy atom. The van der Waals surface area contributed by atoms with Crippen LogP contribution in [0, 0.1) is 0 Å². The number of nitrogens with two attached hydrogens (primary N) is 1. The van der Waals surface area contributed by atoms with Gasteiger partial charge in [0, 0.05) is 0 Å². The zero-order valence-electron chi connectivity index (χ0n) is 5.67. The van der Waals surface area contributed by atoms with E-state index in [1.807, 2.05) is 17.9 Å². The van der Waals surface area contributed by atoms with Crippen molar-refractivity contribution in [2.24, 2.45) is 4.99 Å². The van der Waals surface area contributed by atoms with E-state index in [9.17, 15) is 0 Å². The standard InChI is InChI=1S/C6H11N3/c1-5(7)2-6-3-8-4-9-6/h3-5H,2,7H2,1H3,(H,8,9)/p+2/t5-/m1/s1. The molecule has 0 amide bonds. The van der Waals surface area contributed by atoms with Gasteiger partial charge in [0.25, 0.3) is 0 Å². The highest BCUT2D eigenvalue weighted by atomic mass is 15.0. The van der Waals surface area contributed by atoms with Gasteiger partial charge in [0.2, 0.25) is 0 Å². The fourth-order valence-electron chi connectivity index (χ4n) is 0.844. The normalized spacial score (nSPS) is 20.0. The Balaban J connectivity index is 2.30. The van der Waals surface area contributed by atoms with Crippen LogP contribution in [0.5, 0.6) is 0 Å². The van der Waals surface area contributed by atoms with E-state index >= 15 is 0 Å². The summed E-state index contributed by atoms with van der Waals surface area (Å²) in [6.45, 7) is 2.10. The Labute approximate surface area is 54.7 Å². The molecule has 3 nitrogen and oxygen atoms in total. The van der Waals surface area contributed by atoms with Gasteiger partial charge in [-0.25, -0.2) is 4.99 Å². The molecular formula is C6H13N3+2. The van der Waals surface area contributed by atoms with E-state index < -0.39 is 0 Å². The molecule has 0 radical (unpaired) electrons. The van der Waals surface area contributed by atoms with E-state index in [0.717, 1.165) is 6.42 Å². The molecule has 1 aliphatic heterocycles. The number of rotatable bonds is 2. The third kappa shape index (κ3) is 1.95. The monoisotopic (exact) mass is 127 g/mol. The van der Waals surface area contributed by atoms with Gasteiger partial charge in [-0.2, -0.15) is 0 Å². The molecule has 9 heavy (non-hydrogen) atoms. The van der Waals surface area contributed by atoms with Crippen molar-refractivity contribution in [3.05, 3.63) is 11.9 Å². The number of hydrogen-bond acceptors (Lipinski definition) is 1. The first-order valence-corrected chi connectivity index (χ1v) is 3.17. The molecule has 1 atom stereocenters. The Bertz CT molecular complexity index is 146. The third-order valence-electron chi connectivity index (χ3n) is 1.20. The van der Waals surface area contributed by atoms with Gasteiger partial charge in [0.05, 0.1) is 18.7 Å². The van der Waals surface area contributed by atoms with Gasteiger partial charge < -0.3 is 5.73 Å². The Morgan fingerprint density at radius 1 is 1.89 bits per heavy atom. The van der Waals surface area contributed by atoms with Crippen LogP contribution in [-0.2, 0) is 0 Å². The summed E-state index contributed by atoms with van der Waals surface area (Å²) in [6, 6.07) is 0.495. The van der Waals surface area contributed by atoms with Gasteiger partial charge in [-0.3, -0.25) is 5.32 Å². The van der Waals surface area contributed by atoms with Gasteiger partial charge in [-0.1, -0.05) is 0 Å². The van der Waals surface area contributed by atoms with Crippen molar-refractivity contribution < 1.29 is 11.1 Å². The molecule has 0 saturated carbocycles. The molecule has 0 fully saturated rings. The van der Waals surface area contributed by atoms with E-state index in [1.54, 1.807) is 0 Å². The number of aliphatic imine (C=N–C) groups is 1. The second-order valence-corrected chi connectivity index (χ2v) is 2.48. The van der Waals surface area contributed by atoms with E-state index in [-0.39, 0.29) is 0 Å². The first kappa shape index (κ1) is 6.45. The lowest BCUT2D eigenvalue weighted by Gasteiger charge is -1.97. The maximum Gasteiger partial charge on any atom is 0.191 e. The first-order chi connectivity index (χ1) is 4.29. The lowest BCUT2D eigenvalue weighted by molar-refractivity contribution is -0.485. The molecule has 5 N–H and O–H groups in total. The van der Waals surface area contributed by atoms with E-state index in [2.05, 4.69) is 17.6 Å². The lowest BCUT2D eigenvalue weighted by Crippen LogP contribution is -2.80. The smallest absolute Gasteiger partial charge is 0.191 e. The number of quaternary nitrogens is 2. The van der Waals surface area contributed by atoms with Gasteiger partial charge >= 0.3 is 0 Å². The number of hydrogen-bond donors (Lipinski definition) is 2. The van der Waals surface area contributed by atoms with Crippen molar-refractivity contribution in [2.75, 3.05) is 0 Å². The summed E-state index contributed by atoms with van der Waals surface area (Å²) >= 11 is 0. The van der Waals surface area contributed by atoms with Crippen LogP contribution in [0.3, 0.4) is 0 Å². The molecule has 0 aromatic carbocycles. The molecule has 0 spiro atoms. The summed E-state index contributed by atoms with van der Waals surface area (Å²) in [5.74, 6) is 0. The first-order valence-electron chi connectivity index (χ1n) is 3.17. The predicted molar refractivity (Wildman–Crippen MR) is 35.5 cm³/mol. The molecule has 1 aliphatic rings. The average molecular weight is 127 g/mol. The molecule has 0 bridgehead atoms. The Hall–Kier alpha value is -0.670. The van der Waals surface area contributed by atoms with Crippen LogP contribution in [0.1, 0.15) is 13.3 Å². The third-order valence-corrected chi connectivity index (χ3v) is 1.20. The summed E-state index contributed by atoms with van der Waals surface area (Å²) < 4.78 is 0. The van der Waals surface area contributed by atoms with Crippen molar-refractivity contribution in [3.8, 4) is 0 Å². The topological polar surface area (TPSA) is 56.6 Å². The van der Waals surface area contributed by atoms with Crippen molar-refractivity contribution >= 4 is 6.34 Å². The van der Waals surface area contributed by atoms with Crippen LogP contribution in [-0.4, -0.2) is 12.4 Å².